The van der Waals surface area contributed by atoms with E-state index in [2.05, 4.69) is 0 Å². The van der Waals surface area contributed by atoms with Gasteiger partial charge in [0.15, 0.2) is 9.84 Å². The molecule has 0 aromatic rings. The summed E-state index contributed by atoms with van der Waals surface area (Å²) in [6.07, 6.45) is 1.58. The number of nitrogens with two attached hydrogens (primary N) is 1. The first-order valence-electron chi connectivity index (χ1n) is 4.85. The van der Waals surface area contributed by atoms with Crippen molar-refractivity contribution in [2.24, 2.45) is 11.7 Å². The second-order valence-electron chi connectivity index (χ2n) is 4.28. The fourth-order valence-electron chi connectivity index (χ4n) is 1.97. The van der Waals surface area contributed by atoms with Gasteiger partial charge in [-0.2, -0.15) is 0 Å². The SMILES string of the molecule is CC1C(N)CCC1S(=O)(=O)C(C)C. The fraction of sp³-hybridized carbons (Fsp3) is 1.00. The zero-order valence-corrected chi connectivity index (χ0v) is 9.34. The van der Waals surface area contributed by atoms with Crippen molar-refractivity contribution < 1.29 is 8.42 Å². The molecular weight excluding hydrogens is 186 g/mol. The molecule has 0 aromatic carbocycles. The molecule has 78 valence electrons. The lowest BCUT2D eigenvalue weighted by atomic mass is 10.1. The Hall–Kier alpha value is -0.0900. The number of hydrogen-bond acceptors (Lipinski definition) is 3. The van der Waals surface area contributed by atoms with Crippen LogP contribution in [0.4, 0.5) is 0 Å². The lowest BCUT2D eigenvalue weighted by molar-refractivity contribution is 0.503. The maximum atomic E-state index is 11.8. The van der Waals surface area contributed by atoms with Gasteiger partial charge in [-0.15, -0.1) is 0 Å². The van der Waals surface area contributed by atoms with E-state index in [1.165, 1.54) is 0 Å². The third-order valence-electron chi connectivity index (χ3n) is 3.13. The Morgan fingerprint density at radius 3 is 2.15 bits per heavy atom. The van der Waals surface area contributed by atoms with Crippen LogP contribution in [0.15, 0.2) is 0 Å². The van der Waals surface area contributed by atoms with E-state index in [0.29, 0.717) is 0 Å². The Balaban J connectivity index is 2.86. The van der Waals surface area contributed by atoms with E-state index in [1.54, 1.807) is 13.8 Å². The highest BCUT2D eigenvalue weighted by Crippen LogP contribution is 2.31. The van der Waals surface area contributed by atoms with Crippen LogP contribution in [0.5, 0.6) is 0 Å². The molecule has 0 aliphatic heterocycles. The van der Waals surface area contributed by atoms with E-state index in [-0.39, 0.29) is 22.5 Å². The summed E-state index contributed by atoms with van der Waals surface area (Å²) in [6, 6.07) is 0.0681. The maximum absolute atomic E-state index is 11.8. The zero-order valence-electron chi connectivity index (χ0n) is 8.53. The van der Waals surface area contributed by atoms with Crippen molar-refractivity contribution >= 4 is 9.84 Å². The van der Waals surface area contributed by atoms with Gasteiger partial charge in [0, 0.05) is 6.04 Å². The van der Waals surface area contributed by atoms with Gasteiger partial charge in [-0.1, -0.05) is 6.92 Å². The summed E-state index contributed by atoms with van der Waals surface area (Å²) in [5, 5.41) is -0.479. The summed E-state index contributed by atoms with van der Waals surface area (Å²) in [5.74, 6) is 0.118. The summed E-state index contributed by atoms with van der Waals surface area (Å²) in [5.41, 5.74) is 5.80. The van der Waals surface area contributed by atoms with Gasteiger partial charge < -0.3 is 5.73 Å². The highest BCUT2D eigenvalue weighted by atomic mass is 32.2. The Labute approximate surface area is 80.6 Å². The largest absolute Gasteiger partial charge is 0.327 e. The van der Waals surface area contributed by atoms with Crippen LogP contribution < -0.4 is 5.73 Å². The highest BCUT2D eigenvalue weighted by molar-refractivity contribution is 7.92. The molecule has 3 nitrogen and oxygen atoms in total. The average Bonchev–Trinajstić information content (AvgIpc) is 2.33. The van der Waals surface area contributed by atoms with Crippen LogP contribution in [0.1, 0.15) is 33.6 Å². The van der Waals surface area contributed by atoms with Crippen LogP contribution in [-0.2, 0) is 9.84 Å². The molecule has 0 spiro atoms. The molecule has 1 aliphatic rings. The van der Waals surface area contributed by atoms with Gasteiger partial charge in [0.05, 0.1) is 10.5 Å². The number of hydrogen-bond donors (Lipinski definition) is 1. The number of rotatable bonds is 2. The van der Waals surface area contributed by atoms with E-state index < -0.39 is 9.84 Å². The minimum Gasteiger partial charge on any atom is -0.327 e. The smallest absolute Gasteiger partial charge is 0.155 e. The fourth-order valence-corrected chi connectivity index (χ4v) is 3.94. The predicted octanol–water partition coefficient (Wildman–Crippen LogP) is 0.935. The van der Waals surface area contributed by atoms with Crippen molar-refractivity contribution in [3.8, 4) is 0 Å². The standard InChI is InChI=1S/C9H19NO2S/c1-6(2)13(11,12)9-5-4-8(10)7(9)3/h6-9H,4-5,10H2,1-3H3. The molecule has 1 fully saturated rings. The quantitative estimate of drug-likeness (QED) is 0.729. The first-order chi connectivity index (χ1) is 5.87. The van der Waals surface area contributed by atoms with Gasteiger partial charge in [0.25, 0.3) is 0 Å². The summed E-state index contributed by atoms with van der Waals surface area (Å²) >= 11 is 0. The molecule has 1 saturated carbocycles. The Morgan fingerprint density at radius 2 is 1.85 bits per heavy atom. The van der Waals surface area contributed by atoms with Crippen molar-refractivity contribution in [1.29, 1.82) is 0 Å². The average molecular weight is 205 g/mol. The van der Waals surface area contributed by atoms with Crippen molar-refractivity contribution in [3.05, 3.63) is 0 Å². The topological polar surface area (TPSA) is 60.2 Å². The maximum Gasteiger partial charge on any atom is 0.155 e. The summed E-state index contributed by atoms with van der Waals surface area (Å²) in [7, 11) is -2.94. The molecule has 1 rings (SSSR count). The molecule has 1 aliphatic carbocycles. The number of sulfone groups is 1. The van der Waals surface area contributed by atoms with E-state index in [4.69, 9.17) is 5.73 Å². The Kier molecular flexibility index (Phi) is 3.02. The summed E-state index contributed by atoms with van der Waals surface area (Å²) in [4.78, 5) is 0. The lowest BCUT2D eigenvalue weighted by Gasteiger charge is -2.20. The summed E-state index contributed by atoms with van der Waals surface area (Å²) < 4.78 is 23.7. The summed E-state index contributed by atoms with van der Waals surface area (Å²) in [6.45, 7) is 5.43. The van der Waals surface area contributed by atoms with Crippen molar-refractivity contribution in [2.45, 2.75) is 50.2 Å². The van der Waals surface area contributed by atoms with Gasteiger partial charge in [-0.25, -0.2) is 8.42 Å². The van der Waals surface area contributed by atoms with Gasteiger partial charge >= 0.3 is 0 Å². The Bertz CT molecular complexity index is 271. The van der Waals surface area contributed by atoms with Crippen molar-refractivity contribution in [3.63, 3.8) is 0 Å². The van der Waals surface area contributed by atoms with Gasteiger partial charge in [0.1, 0.15) is 0 Å². The monoisotopic (exact) mass is 205 g/mol. The second-order valence-corrected chi connectivity index (χ2v) is 7.00. The van der Waals surface area contributed by atoms with Gasteiger partial charge in [-0.05, 0) is 32.6 Å². The first-order valence-corrected chi connectivity index (χ1v) is 6.46. The van der Waals surface area contributed by atoms with Crippen LogP contribution in [0.3, 0.4) is 0 Å². The van der Waals surface area contributed by atoms with Crippen molar-refractivity contribution in [1.82, 2.24) is 0 Å². The molecule has 13 heavy (non-hydrogen) atoms. The molecule has 0 saturated heterocycles. The molecule has 0 radical (unpaired) electrons. The van der Waals surface area contributed by atoms with Crippen LogP contribution in [0, 0.1) is 5.92 Å². The van der Waals surface area contributed by atoms with Gasteiger partial charge in [-0.3, -0.25) is 0 Å². The van der Waals surface area contributed by atoms with E-state index in [9.17, 15) is 8.42 Å². The molecule has 3 unspecified atom stereocenters. The minimum absolute atomic E-state index is 0.0681. The highest BCUT2D eigenvalue weighted by Gasteiger charge is 2.40. The molecule has 4 heteroatoms. The van der Waals surface area contributed by atoms with E-state index in [1.807, 2.05) is 6.92 Å². The van der Waals surface area contributed by atoms with Crippen molar-refractivity contribution in [2.75, 3.05) is 0 Å². The molecule has 0 bridgehead atoms. The van der Waals surface area contributed by atoms with Crippen LogP contribution in [0.2, 0.25) is 0 Å². The molecule has 0 heterocycles. The molecule has 0 amide bonds. The van der Waals surface area contributed by atoms with Crippen LogP contribution >= 0.6 is 0 Å². The minimum atomic E-state index is -2.94. The van der Waals surface area contributed by atoms with Crippen LogP contribution in [-0.4, -0.2) is 25.0 Å². The third-order valence-corrected chi connectivity index (χ3v) is 5.95. The molecule has 0 aromatic heterocycles. The van der Waals surface area contributed by atoms with Gasteiger partial charge in [0.2, 0.25) is 0 Å². The lowest BCUT2D eigenvalue weighted by Crippen LogP contribution is -2.35. The predicted molar refractivity (Wildman–Crippen MR) is 54.2 cm³/mol. The third kappa shape index (κ3) is 1.89. The molecular formula is C9H19NO2S. The normalized spacial score (nSPS) is 35.6. The second kappa shape index (κ2) is 3.58. The van der Waals surface area contributed by atoms with E-state index in [0.717, 1.165) is 12.8 Å². The molecule has 3 atom stereocenters. The van der Waals surface area contributed by atoms with Crippen LogP contribution in [0.25, 0.3) is 0 Å². The Morgan fingerprint density at radius 1 is 1.31 bits per heavy atom. The zero-order chi connectivity index (χ0) is 10.2. The van der Waals surface area contributed by atoms with E-state index >= 15 is 0 Å². The molecule has 2 N–H and O–H groups in total. The first kappa shape index (κ1) is 11.0.